The lowest BCUT2D eigenvalue weighted by molar-refractivity contribution is -0.127. The number of nitrogens with one attached hydrogen (secondary N) is 2. The van der Waals surface area contributed by atoms with Crippen molar-refractivity contribution in [1.29, 1.82) is 0 Å². The molecular weight excluding hydrogens is 371 g/mol. The van der Waals surface area contributed by atoms with Gasteiger partial charge in [0.05, 0.1) is 6.54 Å². The summed E-state index contributed by atoms with van der Waals surface area (Å²) in [6.07, 6.45) is 4.31. The van der Waals surface area contributed by atoms with Crippen molar-refractivity contribution in [3.05, 3.63) is 35.6 Å². The topological polar surface area (TPSA) is 66.0 Å². The summed E-state index contributed by atoms with van der Waals surface area (Å²) in [5.74, 6) is 0.838. The minimum Gasteiger partial charge on any atom is -0.381 e. The summed E-state index contributed by atoms with van der Waals surface area (Å²) in [6, 6.07) is 6.81. The van der Waals surface area contributed by atoms with Crippen LogP contribution in [0.4, 0.5) is 4.39 Å². The largest absolute Gasteiger partial charge is 0.381 e. The van der Waals surface area contributed by atoms with Gasteiger partial charge < -0.3 is 20.3 Å². The Kier molecular flexibility index (Phi) is 7.86. The van der Waals surface area contributed by atoms with Crippen LogP contribution < -0.4 is 10.6 Å². The fourth-order valence-corrected chi connectivity index (χ4v) is 4.09. The van der Waals surface area contributed by atoms with E-state index >= 15 is 0 Å². The monoisotopic (exact) mass is 404 g/mol. The average Bonchev–Trinajstić information content (AvgIpc) is 3.15. The molecule has 7 heteroatoms. The third kappa shape index (κ3) is 5.92. The van der Waals surface area contributed by atoms with Crippen molar-refractivity contribution in [2.75, 3.05) is 45.9 Å². The van der Waals surface area contributed by atoms with Crippen LogP contribution in [0.5, 0.6) is 0 Å². The minimum atomic E-state index is -0.217. The number of amides is 1. The van der Waals surface area contributed by atoms with Crippen molar-refractivity contribution in [2.24, 2.45) is 4.99 Å². The van der Waals surface area contributed by atoms with E-state index in [4.69, 9.17) is 9.73 Å². The van der Waals surface area contributed by atoms with Gasteiger partial charge in [0.1, 0.15) is 5.82 Å². The standard InChI is InChI=1S/C22H33FN4O2/c1-2-24-21(25-12-4-14-27-13-3-5-20(27)28)26-17-22(10-15-29-16-11-22)18-6-8-19(23)9-7-18/h6-9H,2-5,10-17H2,1H3,(H2,24,25,26). The van der Waals surface area contributed by atoms with Gasteiger partial charge in [0.15, 0.2) is 5.96 Å². The Bertz CT molecular complexity index is 687. The van der Waals surface area contributed by atoms with E-state index in [1.165, 1.54) is 12.1 Å². The maximum absolute atomic E-state index is 13.4. The molecule has 1 amide bonds. The second kappa shape index (κ2) is 10.6. The number of ether oxygens (including phenoxy) is 1. The lowest BCUT2D eigenvalue weighted by Crippen LogP contribution is -2.42. The van der Waals surface area contributed by atoms with E-state index in [9.17, 15) is 9.18 Å². The van der Waals surface area contributed by atoms with Crippen molar-refractivity contribution < 1.29 is 13.9 Å². The molecule has 0 aromatic heterocycles. The molecule has 2 heterocycles. The van der Waals surface area contributed by atoms with Crippen molar-refractivity contribution in [3.8, 4) is 0 Å². The van der Waals surface area contributed by atoms with Crippen LogP contribution in [-0.2, 0) is 14.9 Å². The number of benzene rings is 1. The van der Waals surface area contributed by atoms with E-state index < -0.39 is 0 Å². The molecule has 1 aromatic rings. The number of hydrogen-bond acceptors (Lipinski definition) is 3. The van der Waals surface area contributed by atoms with Crippen LogP contribution in [0.15, 0.2) is 29.3 Å². The van der Waals surface area contributed by atoms with E-state index in [-0.39, 0.29) is 17.1 Å². The molecule has 6 nitrogen and oxygen atoms in total. The fraction of sp³-hybridized carbons (Fsp3) is 0.636. The van der Waals surface area contributed by atoms with Gasteiger partial charge in [-0.3, -0.25) is 9.79 Å². The zero-order valence-electron chi connectivity index (χ0n) is 17.4. The second-order valence-electron chi connectivity index (χ2n) is 7.86. The van der Waals surface area contributed by atoms with Crippen LogP contribution in [0.25, 0.3) is 0 Å². The molecule has 29 heavy (non-hydrogen) atoms. The Morgan fingerprint density at radius 2 is 2.00 bits per heavy atom. The maximum atomic E-state index is 13.4. The SMILES string of the molecule is CCNC(=NCC1(c2ccc(F)cc2)CCOCC1)NCCCN1CCCC1=O. The number of guanidine groups is 1. The number of hydrogen-bond donors (Lipinski definition) is 2. The summed E-state index contributed by atoms with van der Waals surface area (Å²) in [4.78, 5) is 18.5. The van der Waals surface area contributed by atoms with Gasteiger partial charge in [-0.2, -0.15) is 0 Å². The highest BCUT2D eigenvalue weighted by molar-refractivity contribution is 5.80. The third-order valence-electron chi connectivity index (χ3n) is 5.86. The zero-order chi connectivity index (χ0) is 20.5. The predicted octanol–water partition coefficient (Wildman–Crippen LogP) is 2.44. The summed E-state index contributed by atoms with van der Waals surface area (Å²) in [7, 11) is 0. The van der Waals surface area contributed by atoms with E-state index in [0.717, 1.165) is 63.4 Å². The normalized spacial score (nSPS) is 19.4. The molecule has 0 atom stereocenters. The molecular formula is C22H33FN4O2. The smallest absolute Gasteiger partial charge is 0.222 e. The third-order valence-corrected chi connectivity index (χ3v) is 5.86. The molecule has 1 aromatic carbocycles. The van der Waals surface area contributed by atoms with Gasteiger partial charge in [-0.25, -0.2) is 4.39 Å². The summed E-state index contributed by atoms with van der Waals surface area (Å²) >= 11 is 0. The van der Waals surface area contributed by atoms with Gasteiger partial charge in [-0.05, 0) is 50.3 Å². The Balaban J connectivity index is 1.59. The summed E-state index contributed by atoms with van der Waals surface area (Å²) in [5, 5.41) is 6.69. The second-order valence-corrected chi connectivity index (χ2v) is 7.86. The zero-order valence-corrected chi connectivity index (χ0v) is 17.4. The van der Waals surface area contributed by atoms with Crippen LogP contribution in [0, 0.1) is 5.82 Å². The quantitative estimate of drug-likeness (QED) is 0.397. The van der Waals surface area contributed by atoms with Gasteiger partial charge in [-0.15, -0.1) is 0 Å². The summed E-state index contributed by atoms with van der Waals surface area (Å²) < 4.78 is 19.0. The molecule has 0 unspecified atom stereocenters. The van der Waals surface area contributed by atoms with Crippen LogP contribution >= 0.6 is 0 Å². The molecule has 2 N–H and O–H groups in total. The van der Waals surface area contributed by atoms with Gasteiger partial charge in [-0.1, -0.05) is 12.1 Å². The molecule has 3 rings (SSSR count). The lowest BCUT2D eigenvalue weighted by atomic mass is 9.74. The molecule has 2 aliphatic heterocycles. The first kappa shape index (κ1) is 21.6. The van der Waals surface area contributed by atoms with E-state index in [1.807, 2.05) is 24.0 Å². The van der Waals surface area contributed by atoms with Crippen LogP contribution in [0.3, 0.4) is 0 Å². The number of halogens is 1. The first-order valence-electron chi connectivity index (χ1n) is 10.8. The number of likely N-dealkylation sites (tertiary alicyclic amines) is 1. The molecule has 0 aliphatic carbocycles. The Labute approximate surface area is 172 Å². The number of carbonyl (C=O) groups is 1. The molecule has 0 spiro atoms. The lowest BCUT2D eigenvalue weighted by Gasteiger charge is -2.36. The molecule has 0 saturated carbocycles. The first-order chi connectivity index (χ1) is 14.1. The highest BCUT2D eigenvalue weighted by atomic mass is 19.1. The molecule has 0 radical (unpaired) electrons. The molecule has 2 fully saturated rings. The number of rotatable bonds is 8. The van der Waals surface area contributed by atoms with Crippen molar-refractivity contribution in [2.45, 2.75) is 44.4 Å². The van der Waals surface area contributed by atoms with E-state index in [0.29, 0.717) is 26.2 Å². The molecule has 160 valence electrons. The first-order valence-corrected chi connectivity index (χ1v) is 10.8. The van der Waals surface area contributed by atoms with Gasteiger partial charge in [0.2, 0.25) is 5.91 Å². The molecule has 2 aliphatic rings. The summed E-state index contributed by atoms with van der Waals surface area (Å²) in [5.41, 5.74) is 0.991. The number of nitrogens with zero attached hydrogens (tertiary/aromatic N) is 2. The van der Waals surface area contributed by atoms with Crippen LogP contribution in [-0.4, -0.2) is 62.7 Å². The van der Waals surface area contributed by atoms with E-state index in [2.05, 4.69) is 10.6 Å². The van der Waals surface area contributed by atoms with Gasteiger partial charge >= 0.3 is 0 Å². The molecule has 0 bridgehead atoms. The predicted molar refractivity (Wildman–Crippen MR) is 113 cm³/mol. The van der Waals surface area contributed by atoms with E-state index in [1.54, 1.807) is 0 Å². The molecule has 2 saturated heterocycles. The minimum absolute atomic E-state index is 0.129. The Hall–Kier alpha value is -2.15. The fourth-order valence-electron chi connectivity index (χ4n) is 4.09. The van der Waals surface area contributed by atoms with Crippen LogP contribution in [0.1, 0.15) is 44.6 Å². The Morgan fingerprint density at radius 1 is 1.24 bits per heavy atom. The van der Waals surface area contributed by atoms with Gasteiger partial charge in [0.25, 0.3) is 0 Å². The Morgan fingerprint density at radius 3 is 2.66 bits per heavy atom. The van der Waals surface area contributed by atoms with Crippen molar-refractivity contribution in [3.63, 3.8) is 0 Å². The number of aliphatic imine (C=N–C) groups is 1. The van der Waals surface area contributed by atoms with Crippen molar-refractivity contribution >= 4 is 11.9 Å². The van der Waals surface area contributed by atoms with Gasteiger partial charge in [0, 0.05) is 51.2 Å². The maximum Gasteiger partial charge on any atom is 0.222 e. The number of carbonyl (C=O) groups excluding carboxylic acids is 1. The summed E-state index contributed by atoms with van der Waals surface area (Å²) in [6.45, 7) is 7.29. The average molecular weight is 405 g/mol. The van der Waals surface area contributed by atoms with Crippen LogP contribution in [0.2, 0.25) is 0 Å². The van der Waals surface area contributed by atoms with Crippen molar-refractivity contribution in [1.82, 2.24) is 15.5 Å². The highest BCUT2D eigenvalue weighted by Gasteiger charge is 2.34. The highest BCUT2D eigenvalue weighted by Crippen LogP contribution is 2.35.